The van der Waals surface area contributed by atoms with Gasteiger partial charge in [0.1, 0.15) is 0 Å². The van der Waals surface area contributed by atoms with Crippen molar-refractivity contribution >= 4 is 5.97 Å². The van der Waals surface area contributed by atoms with Crippen LogP contribution in [0.2, 0.25) is 0 Å². The van der Waals surface area contributed by atoms with Crippen LogP contribution in [-0.2, 0) is 25.5 Å². The van der Waals surface area contributed by atoms with Gasteiger partial charge in [-0.25, -0.2) is 4.79 Å². The van der Waals surface area contributed by atoms with Crippen LogP contribution in [0.1, 0.15) is 31.2 Å². The lowest BCUT2D eigenvalue weighted by Gasteiger charge is -2.53. The number of hydrogen-bond donors (Lipinski definition) is 1. The number of carboxylic acids is 1. The first-order valence-corrected chi connectivity index (χ1v) is 10.1. The molecule has 4 heterocycles. The minimum absolute atomic E-state index is 0.0301. The summed E-state index contributed by atoms with van der Waals surface area (Å²) in [5, 5.41) is 7.12. The molecule has 7 nitrogen and oxygen atoms in total. The maximum atomic E-state index is 10.6. The minimum Gasteiger partial charge on any atom is -0.475 e. The number of rotatable bonds is 5. The van der Waals surface area contributed by atoms with Gasteiger partial charge in [-0.2, -0.15) is 13.2 Å². The first kappa shape index (κ1) is 23.1. The lowest BCUT2D eigenvalue weighted by molar-refractivity contribution is -0.201. The lowest BCUT2D eigenvalue weighted by atomic mass is 9.84. The second-order valence-electron chi connectivity index (χ2n) is 8.12. The molecule has 30 heavy (non-hydrogen) atoms. The number of aliphatic carboxylic acids is 1. The highest BCUT2D eigenvalue weighted by Crippen LogP contribution is 2.36. The number of likely N-dealkylation sites (tertiary alicyclic amines) is 1. The van der Waals surface area contributed by atoms with Crippen molar-refractivity contribution in [2.45, 2.75) is 50.1 Å². The molecule has 0 bridgehead atoms. The number of alkyl halides is 3. The van der Waals surface area contributed by atoms with E-state index < -0.39 is 12.1 Å². The fourth-order valence-corrected chi connectivity index (χ4v) is 4.05. The fourth-order valence-electron chi connectivity index (χ4n) is 4.05. The van der Waals surface area contributed by atoms with Gasteiger partial charge in [-0.3, -0.25) is 4.90 Å². The molecular formula is C20H28F3NO6. The number of halogens is 3. The SMILES string of the molecule is O=C(O)C(F)(F)F.c1cc(CN2CC3(CC(OCC4CCOCC4)CCO3)C2)co1. The molecule has 170 valence electrons. The van der Waals surface area contributed by atoms with E-state index in [2.05, 4.69) is 4.90 Å². The number of ether oxygens (including phenoxy) is 3. The van der Waals surface area contributed by atoms with Crippen molar-refractivity contribution < 1.29 is 41.7 Å². The van der Waals surface area contributed by atoms with E-state index in [1.807, 2.05) is 12.3 Å². The summed E-state index contributed by atoms with van der Waals surface area (Å²) in [4.78, 5) is 11.3. The van der Waals surface area contributed by atoms with Gasteiger partial charge in [-0.15, -0.1) is 0 Å². The summed E-state index contributed by atoms with van der Waals surface area (Å²) in [7, 11) is 0. The Morgan fingerprint density at radius 1 is 1.23 bits per heavy atom. The first-order valence-electron chi connectivity index (χ1n) is 10.1. The van der Waals surface area contributed by atoms with Crippen molar-refractivity contribution in [1.82, 2.24) is 4.90 Å². The number of carbonyl (C=O) groups is 1. The van der Waals surface area contributed by atoms with E-state index in [4.69, 9.17) is 28.5 Å². The molecule has 1 atom stereocenters. The molecule has 3 saturated heterocycles. The zero-order valence-corrected chi connectivity index (χ0v) is 16.7. The van der Waals surface area contributed by atoms with E-state index in [1.54, 1.807) is 6.26 Å². The molecule has 0 amide bonds. The summed E-state index contributed by atoms with van der Waals surface area (Å²) in [6, 6.07) is 2.03. The molecule has 1 spiro atoms. The van der Waals surface area contributed by atoms with Crippen LogP contribution in [0.3, 0.4) is 0 Å². The van der Waals surface area contributed by atoms with Gasteiger partial charge in [-0.1, -0.05) is 0 Å². The Bertz CT molecular complexity index is 654. The Balaban J connectivity index is 0.000000318. The molecule has 10 heteroatoms. The highest BCUT2D eigenvalue weighted by atomic mass is 19.4. The molecule has 1 aromatic rings. The quantitative estimate of drug-likeness (QED) is 0.761. The van der Waals surface area contributed by atoms with Crippen molar-refractivity contribution in [3.05, 3.63) is 24.2 Å². The van der Waals surface area contributed by atoms with E-state index in [-0.39, 0.29) is 5.60 Å². The predicted octanol–water partition coefficient (Wildman–Crippen LogP) is 3.09. The Morgan fingerprint density at radius 3 is 2.53 bits per heavy atom. The van der Waals surface area contributed by atoms with Gasteiger partial charge < -0.3 is 23.7 Å². The normalized spacial score (nSPS) is 24.7. The van der Waals surface area contributed by atoms with Gasteiger partial charge in [-0.05, 0) is 31.2 Å². The summed E-state index contributed by atoms with van der Waals surface area (Å²) >= 11 is 0. The molecule has 1 N–H and O–H groups in total. The molecule has 3 fully saturated rings. The average Bonchev–Trinajstić information content (AvgIpc) is 3.19. The number of carboxylic acid groups (broad SMARTS) is 1. The smallest absolute Gasteiger partial charge is 0.475 e. The van der Waals surface area contributed by atoms with Crippen LogP contribution >= 0.6 is 0 Å². The Labute approximate surface area is 173 Å². The fraction of sp³-hybridized carbons (Fsp3) is 0.750. The van der Waals surface area contributed by atoms with Crippen molar-refractivity contribution in [3.63, 3.8) is 0 Å². The largest absolute Gasteiger partial charge is 0.490 e. The third-order valence-corrected chi connectivity index (χ3v) is 5.61. The van der Waals surface area contributed by atoms with Crippen molar-refractivity contribution in [2.24, 2.45) is 5.92 Å². The average molecular weight is 435 g/mol. The standard InChI is InChI=1S/C18H27NO4.C2HF3O2/c1-5-20-6-2-15(1)12-22-17-4-8-23-18(9-17)13-19(14-18)10-16-3-7-21-11-16;3-2(4,5)1(6)7/h3,7,11,15,17H,1-2,4-6,8-10,12-14H2;(H,6,7). The second-order valence-corrected chi connectivity index (χ2v) is 8.12. The highest BCUT2D eigenvalue weighted by Gasteiger charge is 2.47. The van der Waals surface area contributed by atoms with E-state index >= 15 is 0 Å². The monoisotopic (exact) mass is 435 g/mol. The topological polar surface area (TPSA) is 81.4 Å². The van der Waals surface area contributed by atoms with E-state index in [9.17, 15) is 13.2 Å². The molecule has 3 aliphatic heterocycles. The summed E-state index contributed by atoms with van der Waals surface area (Å²) in [5.41, 5.74) is 1.27. The van der Waals surface area contributed by atoms with Gasteiger partial charge in [0, 0.05) is 58.0 Å². The molecule has 1 unspecified atom stereocenters. The van der Waals surface area contributed by atoms with Gasteiger partial charge in [0.05, 0.1) is 24.2 Å². The van der Waals surface area contributed by atoms with Crippen molar-refractivity contribution in [2.75, 3.05) is 39.5 Å². The predicted molar refractivity (Wildman–Crippen MR) is 98.9 cm³/mol. The summed E-state index contributed by atoms with van der Waals surface area (Å²) in [5.74, 6) is -2.07. The molecule has 0 aliphatic carbocycles. The third kappa shape index (κ3) is 6.69. The second kappa shape index (κ2) is 10.1. The van der Waals surface area contributed by atoms with Crippen LogP contribution in [0.25, 0.3) is 0 Å². The zero-order chi connectivity index (χ0) is 21.6. The highest BCUT2D eigenvalue weighted by molar-refractivity contribution is 5.73. The molecule has 3 aliphatic rings. The van der Waals surface area contributed by atoms with Crippen LogP contribution in [0, 0.1) is 5.92 Å². The zero-order valence-electron chi connectivity index (χ0n) is 16.7. The lowest BCUT2D eigenvalue weighted by Crippen LogP contribution is -2.65. The van der Waals surface area contributed by atoms with E-state index in [0.29, 0.717) is 12.0 Å². The molecule has 1 aromatic heterocycles. The Morgan fingerprint density at radius 2 is 1.93 bits per heavy atom. The van der Waals surface area contributed by atoms with E-state index in [0.717, 1.165) is 71.7 Å². The summed E-state index contributed by atoms with van der Waals surface area (Å²) in [6.45, 7) is 6.49. The Kier molecular flexibility index (Phi) is 7.78. The maximum Gasteiger partial charge on any atom is 0.490 e. The van der Waals surface area contributed by atoms with Crippen molar-refractivity contribution in [1.29, 1.82) is 0 Å². The number of nitrogens with zero attached hydrogens (tertiary/aromatic N) is 1. The van der Waals surface area contributed by atoms with Gasteiger partial charge in [0.2, 0.25) is 0 Å². The van der Waals surface area contributed by atoms with Crippen LogP contribution in [0.15, 0.2) is 23.0 Å². The van der Waals surface area contributed by atoms with Crippen molar-refractivity contribution in [3.8, 4) is 0 Å². The van der Waals surface area contributed by atoms with Gasteiger partial charge >= 0.3 is 12.1 Å². The van der Waals surface area contributed by atoms with Crippen LogP contribution in [0.5, 0.6) is 0 Å². The number of hydrogen-bond acceptors (Lipinski definition) is 6. The molecule has 0 radical (unpaired) electrons. The van der Waals surface area contributed by atoms with Gasteiger partial charge in [0.25, 0.3) is 0 Å². The minimum atomic E-state index is -5.08. The summed E-state index contributed by atoms with van der Waals surface area (Å²) in [6.07, 6.45) is 3.21. The molecule has 4 rings (SSSR count). The van der Waals surface area contributed by atoms with Gasteiger partial charge in [0.15, 0.2) is 0 Å². The van der Waals surface area contributed by atoms with Crippen LogP contribution in [0.4, 0.5) is 13.2 Å². The molecule has 0 saturated carbocycles. The maximum absolute atomic E-state index is 10.6. The molecular weight excluding hydrogens is 407 g/mol. The third-order valence-electron chi connectivity index (χ3n) is 5.61. The Hall–Kier alpha value is -1.62. The molecule has 0 aromatic carbocycles. The van der Waals surface area contributed by atoms with Crippen LogP contribution in [-0.4, -0.2) is 73.4 Å². The summed E-state index contributed by atoms with van der Waals surface area (Å²) < 4.78 is 54.6. The first-order chi connectivity index (χ1) is 14.3. The number of furan rings is 1. The van der Waals surface area contributed by atoms with E-state index in [1.165, 1.54) is 5.56 Å². The van der Waals surface area contributed by atoms with Crippen LogP contribution < -0.4 is 0 Å².